The Morgan fingerprint density at radius 3 is 1.21 bits per heavy atom. The molecule has 4 aromatic carbocycles. The minimum Gasteiger partial charge on any atom is -0.480 e. The lowest BCUT2D eigenvalue weighted by molar-refractivity contribution is -0.155. The molecule has 29 nitrogen and oxygen atoms in total. The number of alkyl carbamates (subject to hydrolysis) is 2. The molecule has 126 heavy (non-hydrogen) atoms. The molecule has 0 spiro atoms. The average molecular weight is 1770 g/mol. The standard InChI is InChI=1S/C36H51N5O7.C19H27NO4.C15H17NO3.C14H19NO2.C12H21NO4.ClH/c1-34(2,3)28(39-33(47)40-36(16-10-7-11-17-36)32(46)48-20-22-12-8-6-9-13-22)31(45)41-19-23-25(35(23,4)5)26(41)30(44)38-24(18-21-14-15-21)27(42)29(37)43;1-18(2,3)24-17(22)20-19(12-8-5-9-13-19)16(21)23-14-15-10-6-4-7-11-15;17-12-16-15(9-5-2-6-10-15)14(18)19-11-13-7-3-1-4-8-13;15-14(9-5-2-6-10-14)13(16)17-11-12-7-3-1-4-8-12;1-11(2,3)17-10(16)13-12(9(14)15)7-5-4-6-8-12;/h6,8-9,12-13,21,23-26,28H,7,10-11,14-20H2,1-5H3,(H2,37,43)(H,38,44)(H2,39,40,47);4,6-7,10-11H,5,8-9,12-14H2,1-3H3,(H,20,22);1,3-4,7-8H,2,5-6,9-11H2;1,3-4,7-8H,2,5-6,9-11,15H2;4-8H2,1-3H3,(H,13,16)(H,14,15);1H/t23-,24?,25-,26-,28+;;;;;/m0...../s1. The van der Waals surface area contributed by atoms with Crippen molar-refractivity contribution in [2.24, 2.45) is 45.0 Å². The van der Waals surface area contributed by atoms with Crippen LogP contribution in [0.2, 0.25) is 0 Å². The highest BCUT2D eigenvalue weighted by atomic mass is 35.5. The van der Waals surface area contributed by atoms with Crippen LogP contribution in [0.25, 0.3) is 0 Å². The summed E-state index contributed by atoms with van der Waals surface area (Å²) in [7, 11) is 0. The zero-order chi connectivity index (χ0) is 91.4. The first-order valence-corrected chi connectivity index (χ1v) is 44.6. The van der Waals surface area contributed by atoms with Gasteiger partial charge in [0.2, 0.25) is 23.7 Å². The van der Waals surface area contributed by atoms with Crippen LogP contribution in [0.15, 0.2) is 126 Å². The number of isocyanates is 1. The summed E-state index contributed by atoms with van der Waals surface area (Å²) in [6.45, 7) is 21.4. The van der Waals surface area contributed by atoms with E-state index in [9.17, 15) is 67.4 Å². The number of halogens is 1. The molecule has 0 bridgehead atoms. The van der Waals surface area contributed by atoms with Gasteiger partial charge in [-0.1, -0.05) is 265 Å². The molecule has 1 unspecified atom stereocenters. The maximum Gasteiger partial charge on any atom is 0.408 e. The number of aliphatic imine (C=N–C) groups is 1. The number of carboxylic acids is 1. The van der Waals surface area contributed by atoms with Gasteiger partial charge < -0.3 is 76.5 Å². The van der Waals surface area contributed by atoms with Gasteiger partial charge in [-0.3, -0.25) is 24.0 Å². The Hall–Kier alpha value is -10.3. The molecular formula is C96H136ClN9O20. The summed E-state index contributed by atoms with van der Waals surface area (Å²) in [6, 6.07) is 34.4. The number of fused-ring (bicyclic) bond motifs is 1. The maximum atomic E-state index is 14.4. The molecule has 5 atom stereocenters. The number of ether oxygens (including phenoxy) is 6. The summed E-state index contributed by atoms with van der Waals surface area (Å²) in [6.07, 6.45) is 22.1. The lowest BCUT2D eigenvalue weighted by Crippen LogP contribution is -2.64. The first-order chi connectivity index (χ1) is 59.1. The van der Waals surface area contributed by atoms with E-state index in [1.54, 1.807) is 41.5 Å². The number of carboxylic acid groups (broad SMARTS) is 1. The molecule has 1 heterocycles. The smallest absolute Gasteiger partial charge is 0.408 e. The number of hydrogen-bond donors (Lipinski definition) is 8. The quantitative estimate of drug-likeness (QED) is 0.0100. The fourth-order valence-corrected chi connectivity index (χ4v) is 17.4. The van der Waals surface area contributed by atoms with Gasteiger partial charge in [0, 0.05) is 6.54 Å². The highest BCUT2D eigenvalue weighted by molar-refractivity contribution is 6.38. The van der Waals surface area contributed by atoms with Gasteiger partial charge in [0.05, 0.1) is 6.04 Å². The summed E-state index contributed by atoms with van der Waals surface area (Å²) in [4.78, 5) is 168. The van der Waals surface area contributed by atoms with Crippen molar-refractivity contribution < 1.29 is 95.9 Å². The van der Waals surface area contributed by atoms with E-state index in [0.29, 0.717) is 70.9 Å². The highest BCUT2D eigenvalue weighted by Crippen LogP contribution is 2.65. The highest BCUT2D eigenvalue weighted by Gasteiger charge is 2.70. The molecule has 7 aliphatic carbocycles. The van der Waals surface area contributed by atoms with Crippen molar-refractivity contribution in [3.8, 4) is 0 Å². The van der Waals surface area contributed by atoms with E-state index >= 15 is 0 Å². The van der Waals surface area contributed by atoms with Gasteiger partial charge in [0.1, 0.15) is 71.9 Å². The lowest BCUT2D eigenvalue weighted by atomic mass is 9.81. The van der Waals surface area contributed by atoms with Crippen molar-refractivity contribution >= 4 is 90.1 Å². The zero-order valence-corrected chi connectivity index (χ0v) is 76.3. The zero-order valence-electron chi connectivity index (χ0n) is 75.5. The van der Waals surface area contributed by atoms with E-state index in [1.165, 1.54) is 17.4 Å². The molecule has 7 saturated carbocycles. The molecule has 1 saturated heterocycles. The Morgan fingerprint density at radius 1 is 0.492 bits per heavy atom. The van der Waals surface area contributed by atoms with Crippen LogP contribution in [0.4, 0.5) is 14.4 Å². The normalized spacial score (nSPS) is 20.5. The molecule has 10 N–H and O–H groups in total. The molecule has 4 aromatic rings. The number of carbonyl (C=O) groups excluding carboxylic acids is 12. The van der Waals surface area contributed by atoms with E-state index in [0.717, 1.165) is 138 Å². The minimum atomic E-state index is -1.23. The number of hydrogen-bond acceptors (Lipinski definition) is 21. The molecule has 692 valence electrons. The molecule has 8 fully saturated rings. The fraction of sp³-hybridized carbons (Fsp3) is 0.615. The fourth-order valence-electron chi connectivity index (χ4n) is 17.4. The van der Waals surface area contributed by atoms with Gasteiger partial charge in [-0.25, -0.2) is 38.4 Å². The van der Waals surface area contributed by atoms with Gasteiger partial charge in [-0.15, -0.1) is 12.4 Å². The van der Waals surface area contributed by atoms with Crippen molar-refractivity contribution in [2.45, 2.75) is 339 Å². The number of carbonyl (C=O) groups is 12. The Kier molecular flexibility index (Phi) is 37.9. The van der Waals surface area contributed by atoms with E-state index < -0.39 is 122 Å². The predicted molar refractivity (Wildman–Crippen MR) is 475 cm³/mol. The molecule has 12 rings (SSSR count). The van der Waals surface area contributed by atoms with Gasteiger partial charge in [-0.2, -0.15) is 4.99 Å². The first kappa shape index (κ1) is 103. The number of rotatable bonds is 25. The molecular weight excluding hydrogens is 1630 g/mol. The van der Waals surface area contributed by atoms with E-state index in [4.69, 9.17) is 39.9 Å². The number of nitrogens with two attached hydrogens (primary N) is 2. The Balaban J connectivity index is 0.000000234. The van der Waals surface area contributed by atoms with Crippen molar-refractivity contribution in [1.82, 2.24) is 31.5 Å². The Labute approximate surface area is 748 Å². The number of esters is 4. The van der Waals surface area contributed by atoms with E-state index in [-0.39, 0.29) is 67.3 Å². The number of ketones is 1. The number of urea groups is 1. The SMILES string of the molecule is CC(C)(C)OC(=O)NC1(C(=O)O)CCCCC1.CC(C)(C)OC(=O)NC1(C(=O)OCc2ccccc2)CCCCC1.CC(C)(C)[C@H](NC(=O)NC1(C(=O)OCc2ccccc2)CCCCC1)C(=O)N1C[C@H]2[C@@H]([C@H]1C(=O)NC(CC1CC1)C(=O)C(N)=O)C2(C)C.Cl.NC1(C(=O)OCc2ccccc2)CCCCC1.O=C=NC1(C(=O)OCc2ccccc2)CCCCC1. The number of amides is 7. The van der Waals surface area contributed by atoms with Crippen LogP contribution in [-0.2, 0) is 103 Å². The number of nitrogens with one attached hydrogen (secondary N) is 5. The molecule has 0 radical (unpaired) electrons. The average Bonchev–Trinajstić information content (AvgIpc) is 1.52. The summed E-state index contributed by atoms with van der Waals surface area (Å²) in [5.74, 6) is -5.23. The third-order valence-corrected chi connectivity index (χ3v) is 24.8. The van der Waals surface area contributed by atoms with Crippen LogP contribution >= 0.6 is 12.4 Å². The van der Waals surface area contributed by atoms with Crippen molar-refractivity contribution in [2.75, 3.05) is 6.54 Å². The summed E-state index contributed by atoms with van der Waals surface area (Å²) >= 11 is 0. The largest absolute Gasteiger partial charge is 0.480 e. The van der Waals surface area contributed by atoms with Crippen LogP contribution in [0, 0.1) is 28.6 Å². The maximum absolute atomic E-state index is 14.4. The number of benzene rings is 4. The topological polar surface area (TPSA) is 425 Å². The van der Waals surface area contributed by atoms with Gasteiger partial charge >= 0.3 is 48.1 Å². The monoisotopic (exact) mass is 1770 g/mol. The molecule has 1 aliphatic heterocycles. The summed E-state index contributed by atoms with van der Waals surface area (Å²) < 4.78 is 32.2. The van der Waals surface area contributed by atoms with Gasteiger partial charge in [0.25, 0.3) is 5.91 Å². The molecule has 8 aliphatic rings. The van der Waals surface area contributed by atoms with Gasteiger partial charge in [0.15, 0.2) is 5.54 Å². The molecule has 7 amide bonds. The van der Waals surface area contributed by atoms with Crippen LogP contribution in [0.3, 0.4) is 0 Å². The number of Topliss-reactive ketones (excluding diaryl/α,β-unsaturated/α-hetero) is 1. The van der Waals surface area contributed by atoms with Crippen molar-refractivity contribution in [1.29, 1.82) is 0 Å². The number of aliphatic carboxylic acids is 1. The number of nitrogens with zero attached hydrogens (tertiary/aromatic N) is 2. The van der Waals surface area contributed by atoms with Crippen LogP contribution in [0.5, 0.6) is 0 Å². The third kappa shape index (κ3) is 30.5. The van der Waals surface area contributed by atoms with E-state index in [2.05, 4.69) is 31.6 Å². The molecule has 30 heteroatoms. The van der Waals surface area contributed by atoms with Crippen molar-refractivity contribution in [3.63, 3.8) is 0 Å². The lowest BCUT2D eigenvalue weighted by Gasteiger charge is -2.39. The number of primary amides is 1. The van der Waals surface area contributed by atoms with Gasteiger partial charge in [-0.05, 0) is 163 Å². The van der Waals surface area contributed by atoms with Crippen LogP contribution < -0.4 is 38.1 Å². The van der Waals surface area contributed by atoms with Crippen LogP contribution in [0.1, 0.15) is 278 Å². The molecule has 0 aromatic heterocycles. The van der Waals surface area contributed by atoms with Crippen molar-refractivity contribution in [3.05, 3.63) is 144 Å². The minimum absolute atomic E-state index is 0. The summed E-state index contributed by atoms with van der Waals surface area (Å²) in [5.41, 5.74) is 7.83. The Bertz CT molecular complexity index is 4320. The second-order valence-corrected chi connectivity index (χ2v) is 38.5. The second-order valence-electron chi connectivity index (χ2n) is 38.5. The Morgan fingerprint density at radius 2 is 0.849 bits per heavy atom. The third-order valence-electron chi connectivity index (χ3n) is 24.8. The number of likely N-dealkylation sites (tertiary alicyclic amines) is 1. The second kappa shape index (κ2) is 46.5. The van der Waals surface area contributed by atoms with Crippen LogP contribution in [-0.4, -0.2) is 151 Å². The summed E-state index contributed by atoms with van der Waals surface area (Å²) in [5, 5.41) is 23.1. The number of piperidine rings is 1. The predicted octanol–water partition coefficient (Wildman–Crippen LogP) is 14.8. The first-order valence-electron chi connectivity index (χ1n) is 44.6. The van der Waals surface area contributed by atoms with E-state index in [1.807, 2.05) is 156 Å².